The molecule has 0 aliphatic heterocycles. The first kappa shape index (κ1) is 15.5. The number of carbonyl (C=O) groups is 2. The van der Waals surface area contributed by atoms with Crippen LogP contribution in [0.2, 0.25) is 0 Å². The number of anilines is 1. The van der Waals surface area contributed by atoms with E-state index in [-0.39, 0.29) is 12.5 Å². The Morgan fingerprint density at radius 1 is 1.18 bits per heavy atom. The molecular formula is C16H17N3O3. The molecule has 0 spiro atoms. The Balaban J connectivity index is 1.96. The fourth-order valence-electron chi connectivity index (χ4n) is 1.80. The third-order valence-electron chi connectivity index (χ3n) is 2.80. The Kier molecular flexibility index (Phi) is 5.48. The van der Waals surface area contributed by atoms with Crippen LogP contribution in [-0.2, 0) is 11.3 Å². The van der Waals surface area contributed by atoms with E-state index < -0.39 is 6.09 Å². The van der Waals surface area contributed by atoms with Gasteiger partial charge in [0.05, 0.1) is 18.8 Å². The number of ether oxygens (including phenoxy) is 1. The largest absolute Gasteiger partial charge is 0.450 e. The van der Waals surface area contributed by atoms with E-state index in [4.69, 9.17) is 4.74 Å². The van der Waals surface area contributed by atoms with Crippen LogP contribution in [0.15, 0.2) is 48.7 Å². The molecule has 0 saturated heterocycles. The second-order valence-electron chi connectivity index (χ2n) is 4.43. The minimum Gasteiger partial charge on any atom is -0.450 e. The quantitative estimate of drug-likeness (QED) is 0.889. The summed E-state index contributed by atoms with van der Waals surface area (Å²) < 4.78 is 4.79. The van der Waals surface area contributed by atoms with Crippen molar-refractivity contribution in [3.05, 3.63) is 59.9 Å². The summed E-state index contributed by atoms with van der Waals surface area (Å²) in [6.45, 7) is 2.35. The molecule has 0 unspecified atom stereocenters. The number of hydrogen-bond acceptors (Lipinski definition) is 4. The third kappa shape index (κ3) is 4.59. The molecule has 0 saturated carbocycles. The van der Waals surface area contributed by atoms with Gasteiger partial charge < -0.3 is 10.1 Å². The Labute approximate surface area is 128 Å². The van der Waals surface area contributed by atoms with Crippen LogP contribution in [-0.4, -0.2) is 23.6 Å². The maximum atomic E-state index is 12.1. The van der Waals surface area contributed by atoms with Gasteiger partial charge >= 0.3 is 6.09 Å². The molecule has 2 amide bonds. The lowest BCUT2D eigenvalue weighted by atomic mass is 10.2. The summed E-state index contributed by atoms with van der Waals surface area (Å²) in [5.74, 6) is -0.238. The van der Waals surface area contributed by atoms with Crippen LogP contribution in [0.1, 0.15) is 23.0 Å². The van der Waals surface area contributed by atoms with E-state index in [2.05, 4.69) is 15.6 Å². The second kappa shape index (κ2) is 7.78. The van der Waals surface area contributed by atoms with Crippen LogP contribution in [0, 0.1) is 0 Å². The highest BCUT2D eigenvalue weighted by Crippen LogP contribution is 2.11. The smallest absolute Gasteiger partial charge is 0.411 e. The normalized spacial score (nSPS) is 9.86. The summed E-state index contributed by atoms with van der Waals surface area (Å²) in [7, 11) is 0. The van der Waals surface area contributed by atoms with Crippen molar-refractivity contribution in [2.24, 2.45) is 0 Å². The molecule has 2 rings (SSSR count). The fraction of sp³-hybridized carbons (Fsp3) is 0.188. The summed E-state index contributed by atoms with van der Waals surface area (Å²) in [6, 6.07) is 12.1. The van der Waals surface area contributed by atoms with Crippen LogP contribution in [0.4, 0.5) is 10.5 Å². The van der Waals surface area contributed by atoms with Gasteiger partial charge in [0.15, 0.2) is 0 Å². The predicted octanol–water partition coefficient (Wildman–Crippen LogP) is 2.58. The molecule has 0 atom stereocenters. The Morgan fingerprint density at radius 3 is 2.77 bits per heavy atom. The van der Waals surface area contributed by atoms with E-state index in [1.54, 1.807) is 37.4 Å². The Hall–Kier alpha value is -2.89. The number of nitrogens with one attached hydrogen (secondary N) is 2. The Bertz CT molecular complexity index is 644. The maximum Gasteiger partial charge on any atom is 0.411 e. The molecule has 1 aromatic carbocycles. The van der Waals surface area contributed by atoms with Gasteiger partial charge in [-0.05, 0) is 37.3 Å². The zero-order valence-corrected chi connectivity index (χ0v) is 12.2. The highest BCUT2D eigenvalue weighted by atomic mass is 16.5. The molecule has 114 valence electrons. The van der Waals surface area contributed by atoms with Crippen LogP contribution >= 0.6 is 0 Å². The van der Waals surface area contributed by atoms with Gasteiger partial charge in [0.25, 0.3) is 5.91 Å². The minimum atomic E-state index is -0.548. The summed E-state index contributed by atoms with van der Waals surface area (Å²) in [5.41, 5.74) is 1.73. The van der Waals surface area contributed by atoms with Crippen LogP contribution in [0.3, 0.4) is 0 Å². The first-order chi connectivity index (χ1) is 10.7. The van der Waals surface area contributed by atoms with Gasteiger partial charge in [-0.1, -0.05) is 12.1 Å². The van der Waals surface area contributed by atoms with Gasteiger partial charge in [0, 0.05) is 17.4 Å². The van der Waals surface area contributed by atoms with Crippen LogP contribution < -0.4 is 10.6 Å². The molecule has 2 N–H and O–H groups in total. The average molecular weight is 299 g/mol. The van der Waals surface area contributed by atoms with Crippen molar-refractivity contribution >= 4 is 17.7 Å². The molecule has 0 radical (unpaired) electrons. The number of aromatic nitrogens is 1. The molecule has 0 bridgehead atoms. The summed E-state index contributed by atoms with van der Waals surface area (Å²) >= 11 is 0. The molecule has 1 aromatic heterocycles. The molecule has 0 aliphatic carbocycles. The number of amides is 2. The monoisotopic (exact) mass is 299 g/mol. The van der Waals surface area contributed by atoms with Gasteiger partial charge in [0.2, 0.25) is 0 Å². The van der Waals surface area contributed by atoms with E-state index in [1.165, 1.54) is 0 Å². The van der Waals surface area contributed by atoms with Crippen molar-refractivity contribution < 1.29 is 14.3 Å². The van der Waals surface area contributed by atoms with Crippen LogP contribution in [0.25, 0.3) is 0 Å². The standard InChI is InChI=1S/C16H17N3O3/c1-2-22-16(21)19-13-8-5-6-12(10-13)15(20)18-11-14-7-3-4-9-17-14/h3-10H,2,11H2,1H3,(H,18,20)(H,19,21). The molecule has 6 nitrogen and oxygen atoms in total. The number of hydrogen-bond donors (Lipinski definition) is 2. The zero-order valence-electron chi connectivity index (χ0n) is 12.2. The van der Waals surface area contributed by atoms with Crippen molar-refractivity contribution in [2.75, 3.05) is 11.9 Å². The lowest BCUT2D eigenvalue weighted by Gasteiger charge is -2.08. The number of pyridine rings is 1. The molecular weight excluding hydrogens is 282 g/mol. The van der Waals surface area contributed by atoms with Gasteiger partial charge in [-0.3, -0.25) is 15.1 Å². The van der Waals surface area contributed by atoms with E-state index in [1.807, 2.05) is 18.2 Å². The third-order valence-corrected chi connectivity index (χ3v) is 2.80. The van der Waals surface area contributed by atoms with Crippen molar-refractivity contribution in [3.63, 3.8) is 0 Å². The van der Waals surface area contributed by atoms with E-state index in [0.29, 0.717) is 17.8 Å². The zero-order chi connectivity index (χ0) is 15.8. The highest BCUT2D eigenvalue weighted by Gasteiger charge is 2.08. The first-order valence-corrected chi connectivity index (χ1v) is 6.91. The summed E-state index contributed by atoms with van der Waals surface area (Å²) in [4.78, 5) is 27.6. The fourth-order valence-corrected chi connectivity index (χ4v) is 1.80. The SMILES string of the molecule is CCOC(=O)Nc1cccc(C(=O)NCc2ccccn2)c1. The average Bonchev–Trinajstić information content (AvgIpc) is 2.54. The summed E-state index contributed by atoms with van der Waals surface area (Å²) in [5, 5.41) is 5.33. The number of rotatable bonds is 5. The van der Waals surface area contributed by atoms with Gasteiger partial charge in [-0.25, -0.2) is 4.79 Å². The number of nitrogens with zero attached hydrogens (tertiary/aromatic N) is 1. The van der Waals surface area contributed by atoms with E-state index >= 15 is 0 Å². The van der Waals surface area contributed by atoms with Gasteiger partial charge in [-0.2, -0.15) is 0 Å². The Morgan fingerprint density at radius 2 is 2.05 bits per heavy atom. The van der Waals surface area contributed by atoms with Crippen LogP contribution in [0.5, 0.6) is 0 Å². The van der Waals surface area contributed by atoms with Gasteiger partial charge in [0.1, 0.15) is 0 Å². The molecule has 0 aliphatic rings. The predicted molar refractivity (Wildman–Crippen MR) is 82.5 cm³/mol. The van der Waals surface area contributed by atoms with Gasteiger partial charge in [-0.15, -0.1) is 0 Å². The number of benzene rings is 1. The second-order valence-corrected chi connectivity index (χ2v) is 4.43. The maximum absolute atomic E-state index is 12.1. The molecule has 2 aromatic rings. The minimum absolute atomic E-state index is 0.238. The molecule has 22 heavy (non-hydrogen) atoms. The van der Waals surface area contributed by atoms with E-state index in [0.717, 1.165) is 5.69 Å². The molecule has 6 heteroatoms. The lowest BCUT2D eigenvalue weighted by molar-refractivity contribution is 0.0950. The summed E-state index contributed by atoms with van der Waals surface area (Å²) in [6.07, 6.45) is 1.12. The van der Waals surface area contributed by atoms with Crippen molar-refractivity contribution in [1.82, 2.24) is 10.3 Å². The van der Waals surface area contributed by atoms with E-state index in [9.17, 15) is 9.59 Å². The first-order valence-electron chi connectivity index (χ1n) is 6.91. The topological polar surface area (TPSA) is 80.3 Å². The van der Waals surface area contributed by atoms with Crippen molar-refractivity contribution in [1.29, 1.82) is 0 Å². The highest BCUT2D eigenvalue weighted by molar-refractivity contribution is 5.96. The van der Waals surface area contributed by atoms with Crippen molar-refractivity contribution in [2.45, 2.75) is 13.5 Å². The molecule has 0 fully saturated rings. The molecule has 1 heterocycles. The van der Waals surface area contributed by atoms with Crippen molar-refractivity contribution in [3.8, 4) is 0 Å². The number of carbonyl (C=O) groups excluding carboxylic acids is 2. The lowest BCUT2D eigenvalue weighted by Crippen LogP contribution is -2.23.